The molecule has 7 nitrogen and oxygen atoms in total. The number of ether oxygens (including phenoxy) is 3. The Hall–Kier alpha value is -2.96. The largest absolute Gasteiger partial charge is 0.486 e. The van der Waals surface area contributed by atoms with Gasteiger partial charge in [0.05, 0.1) is 6.04 Å². The van der Waals surface area contributed by atoms with Crippen molar-refractivity contribution in [3.63, 3.8) is 0 Å². The van der Waals surface area contributed by atoms with Crippen LogP contribution >= 0.6 is 0 Å². The molecule has 0 aliphatic carbocycles. The normalized spacial score (nSPS) is 18.4. The molecule has 27 heavy (non-hydrogen) atoms. The first kappa shape index (κ1) is 17.5. The molecular formula is C20H21NO6. The molecule has 142 valence electrons. The number of amides is 1. The standard InChI is InChI=1S/C20H21NO6/c1-13-4-6-17(27-13)20(23)26-12-19(22)21-8-2-3-15(21)14-5-7-16-18(11-14)25-10-9-24-16/h4-7,11,15H,2-3,8-10,12H2,1H3. The average molecular weight is 371 g/mol. The van der Waals surface area contributed by atoms with Crippen molar-refractivity contribution in [1.29, 1.82) is 0 Å². The zero-order valence-corrected chi connectivity index (χ0v) is 15.1. The second-order valence-electron chi connectivity index (χ2n) is 6.63. The Morgan fingerprint density at radius 2 is 1.96 bits per heavy atom. The smallest absolute Gasteiger partial charge is 0.374 e. The number of rotatable bonds is 4. The van der Waals surface area contributed by atoms with E-state index in [1.165, 1.54) is 6.07 Å². The van der Waals surface area contributed by atoms with Gasteiger partial charge in [0.1, 0.15) is 19.0 Å². The third-order valence-corrected chi connectivity index (χ3v) is 4.79. The van der Waals surface area contributed by atoms with Crippen LogP contribution in [0.15, 0.2) is 34.7 Å². The van der Waals surface area contributed by atoms with Crippen molar-refractivity contribution in [3.05, 3.63) is 47.4 Å². The van der Waals surface area contributed by atoms with Crippen LogP contribution in [0, 0.1) is 6.92 Å². The Balaban J connectivity index is 1.41. The minimum atomic E-state index is -0.633. The van der Waals surface area contributed by atoms with Gasteiger partial charge in [0.2, 0.25) is 5.76 Å². The predicted octanol–water partition coefficient (Wildman–Crippen LogP) is 2.88. The second kappa shape index (κ2) is 7.34. The molecule has 2 aliphatic rings. The quantitative estimate of drug-likeness (QED) is 0.769. The molecule has 7 heteroatoms. The van der Waals surface area contributed by atoms with Gasteiger partial charge in [-0.3, -0.25) is 4.79 Å². The Kier molecular flexibility index (Phi) is 4.75. The summed E-state index contributed by atoms with van der Waals surface area (Å²) in [6, 6.07) is 8.93. The Labute approximate surface area is 156 Å². The minimum absolute atomic E-state index is 0.0575. The molecule has 0 saturated carbocycles. The van der Waals surface area contributed by atoms with Gasteiger partial charge in [-0.05, 0) is 49.6 Å². The number of esters is 1. The van der Waals surface area contributed by atoms with Crippen LogP contribution in [0.25, 0.3) is 0 Å². The molecule has 0 spiro atoms. The number of benzene rings is 1. The number of likely N-dealkylation sites (tertiary alicyclic amines) is 1. The van der Waals surface area contributed by atoms with Crippen LogP contribution in [0.3, 0.4) is 0 Å². The number of fused-ring (bicyclic) bond motifs is 1. The molecule has 1 saturated heterocycles. The van der Waals surface area contributed by atoms with Crippen molar-refractivity contribution in [1.82, 2.24) is 4.90 Å². The highest BCUT2D eigenvalue weighted by molar-refractivity contribution is 5.89. The number of nitrogens with zero attached hydrogens (tertiary/aromatic N) is 1. The fourth-order valence-corrected chi connectivity index (χ4v) is 3.50. The number of aryl methyl sites for hydroxylation is 1. The first-order valence-corrected chi connectivity index (χ1v) is 9.04. The molecule has 0 bridgehead atoms. The summed E-state index contributed by atoms with van der Waals surface area (Å²) < 4.78 is 21.5. The van der Waals surface area contributed by atoms with E-state index in [9.17, 15) is 9.59 Å². The third-order valence-electron chi connectivity index (χ3n) is 4.79. The maximum absolute atomic E-state index is 12.6. The average Bonchev–Trinajstić information content (AvgIpc) is 3.34. The van der Waals surface area contributed by atoms with Crippen molar-refractivity contribution in [2.24, 2.45) is 0 Å². The first-order valence-electron chi connectivity index (χ1n) is 9.04. The maximum Gasteiger partial charge on any atom is 0.374 e. The summed E-state index contributed by atoms with van der Waals surface area (Å²) in [5.74, 6) is 1.30. The molecule has 1 unspecified atom stereocenters. The van der Waals surface area contributed by atoms with Crippen LogP contribution in [0.2, 0.25) is 0 Å². The van der Waals surface area contributed by atoms with Crippen molar-refractivity contribution < 1.29 is 28.2 Å². The SMILES string of the molecule is Cc1ccc(C(=O)OCC(=O)N2CCCC2c2ccc3c(c2)OCCO3)o1. The van der Waals surface area contributed by atoms with Gasteiger partial charge < -0.3 is 23.5 Å². The molecule has 1 amide bonds. The van der Waals surface area contributed by atoms with Crippen molar-refractivity contribution >= 4 is 11.9 Å². The summed E-state index contributed by atoms with van der Waals surface area (Å²) in [6.45, 7) is 3.13. The van der Waals surface area contributed by atoms with Crippen molar-refractivity contribution in [3.8, 4) is 11.5 Å². The van der Waals surface area contributed by atoms with Crippen LogP contribution < -0.4 is 9.47 Å². The monoisotopic (exact) mass is 371 g/mol. The van der Waals surface area contributed by atoms with Gasteiger partial charge >= 0.3 is 5.97 Å². The van der Waals surface area contributed by atoms with E-state index in [0.717, 1.165) is 24.2 Å². The minimum Gasteiger partial charge on any atom is -0.486 e. The van der Waals surface area contributed by atoms with Gasteiger partial charge in [0, 0.05) is 6.54 Å². The third kappa shape index (κ3) is 3.63. The molecule has 1 fully saturated rings. The molecule has 0 radical (unpaired) electrons. The second-order valence-corrected chi connectivity index (χ2v) is 6.63. The number of hydrogen-bond donors (Lipinski definition) is 0. The lowest BCUT2D eigenvalue weighted by Crippen LogP contribution is -2.34. The summed E-state index contributed by atoms with van der Waals surface area (Å²) >= 11 is 0. The van der Waals surface area contributed by atoms with Crippen LogP contribution in [-0.2, 0) is 9.53 Å². The molecule has 0 N–H and O–H groups in total. The zero-order chi connectivity index (χ0) is 18.8. The van der Waals surface area contributed by atoms with E-state index in [-0.39, 0.29) is 24.3 Å². The molecule has 4 rings (SSSR count). The molecule has 1 aromatic heterocycles. The van der Waals surface area contributed by atoms with E-state index in [1.54, 1.807) is 17.9 Å². The van der Waals surface area contributed by atoms with Crippen molar-refractivity contribution in [2.45, 2.75) is 25.8 Å². The molecular weight excluding hydrogens is 350 g/mol. The highest BCUT2D eigenvalue weighted by Crippen LogP contribution is 2.38. The zero-order valence-electron chi connectivity index (χ0n) is 15.1. The molecule has 1 aromatic carbocycles. The van der Waals surface area contributed by atoms with Crippen LogP contribution in [0.5, 0.6) is 11.5 Å². The molecule has 3 heterocycles. The highest BCUT2D eigenvalue weighted by Gasteiger charge is 2.31. The number of carbonyl (C=O) groups excluding carboxylic acids is 2. The highest BCUT2D eigenvalue weighted by atomic mass is 16.6. The Morgan fingerprint density at radius 1 is 1.15 bits per heavy atom. The van der Waals surface area contributed by atoms with E-state index in [1.807, 2.05) is 18.2 Å². The van der Waals surface area contributed by atoms with E-state index in [2.05, 4.69) is 0 Å². The van der Waals surface area contributed by atoms with E-state index < -0.39 is 5.97 Å². The van der Waals surface area contributed by atoms with Crippen LogP contribution in [0.4, 0.5) is 0 Å². The summed E-state index contributed by atoms with van der Waals surface area (Å²) in [4.78, 5) is 26.3. The topological polar surface area (TPSA) is 78.2 Å². The first-order chi connectivity index (χ1) is 13.1. The fourth-order valence-electron chi connectivity index (χ4n) is 3.50. The molecule has 2 aliphatic heterocycles. The van der Waals surface area contributed by atoms with Gasteiger partial charge in [0.15, 0.2) is 18.1 Å². The maximum atomic E-state index is 12.6. The van der Waals surface area contributed by atoms with Gasteiger partial charge in [-0.25, -0.2) is 4.79 Å². The van der Waals surface area contributed by atoms with Crippen molar-refractivity contribution in [2.75, 3.05) is 26.4 Å². The number of carbonyl (C=O) groups is 2. The number of furan rings is 1. The van der Waals surface area contributed by atoms with E-state index in [4.69, 9.17) is 18.6 Å². The summed E-state index contributed by atoms with van der Waals surface area (Å²) in [7, 11) is 0. The lowest BCUT2D eigenvalue weighted by molar-refractivity contribution is -0.135. The van der Waals surface area contributed by atoms with Gasteiger partial charge in [-0.1, -0.05) is 6.07 Å². The van der Waals surface area contributed by atoms with Gasteiger partial charge in [-0.15, -0.1) is 0 Å². The number of hydrogen-bond acceptors (Lipinski definition) is 6. The van der Waals surface area contributed by atoms with Gasteiger partial charge in [-0.2, -0.15) is 0 Å². The lowest BCUT2D eigenvalue weighted by atomic mass is 10.0. The van der Waals surface area contributed by atoms with Crippen LogP contribution in [-0.4, -0.2) is 43.1 Å². The Morgan fingerprint density at radius 3 is 2.74 bits per heavy atom. The summed E-state index contributed by atoms with van der Waals surface area (Å²) in [6.07, 6.45) is 1.76. The lowest BCUT2D eigenvalue weighted by Gasteiger charge is -2.26. The molecule has 1 atom stereocenters. The Bertz CT molecular complexity index is 858. The van der Waals surface area contributed by atoms with Crippen LogP contribution in [0.1, 0.15) is 40.8 Å². The van der Waals surface area contributed by atoms with Gasteiger partial charge in [0.25, 0.3) is 5.91 Å². The van der Waals surface area contributed by atoms with E-state index >= 15 is 0 Å². The molecule has 2 aromatic rings. The summed E-state index contributed by atoms with van der Waals surface area (Å²) in [5.41, 5.74) is 0.998. The predicted molar refractivity (Wildman–Crippen MR) is 94.8 cm³/mol. The van der Waals surface area contributed by atoms with E-state index in [0.29, 0.717) is 31.3 Å². The summed E-state index contributed by atoms with van der Waals surface area (Å²) in [5, 5.41) is 0. The fraction of sp³-hybridized carbons (Fsp3) is 0.400.